The molecule has 0 spiro atoms. The fraction of sp³-hybridized carbons (Fsp3) is 0.192. The normalized spacial score (nSPS) is 11.5. The summed E-state index contributed by atoms with van der Waals surface area (Å²) in [5, 5.41) is 5.19. The van der Waals surface area contributed by atoms with Gasteiger partial charge in [-0.25, -0.2) is 10.4 Å². The molecule has 0 radical (unpaired) electrons. The number of methoxy groups -OCH3 is 2. The quantitative estimate of drug-likeness (QED) is 0.279. The Morgan fingerprint density at radius 1 is 1.06 bits per heavy atom. The van der Waals surface area contributed by atoms with Crippen LogP contribution in [0.5, 0.6) is 11.5 Å². The number of benzene rings is 2. The highest BCUT2D eigenvalue weighted by Crippen LogP contribution is 2.34. The first-order valence-corrected chi connectivity index (χ1v) is 11.4. The Balaban J connectivity index is 1.76. The summed E-state index contributed by atoms with van der Waals surface area (Å²) in [5.74, 6) is 1.00. The number of thiophene rings is 1. The molecule has 0 saturated carbocycles. The van der Waals surface area contributed by atoms with Crippen molar-refractivity contribution in [1.82, 2.24) is 10.4 Å². The minimum absolute atomic E-state index is 0.290. The number of carbonyl (C=O) groups is 1. The van der Waals surface area contributed by atoms with Crippen LogP contribution in [-0.4, -0.2) is 30.8 Å². The first-order valence-electron chi connectivity index (χ1n) is 10.6. The molecular formula is C26H25N3O3S. The summed E-state index contributed by atoms with van der Waals surface area (Å²) in [4.78, 5) is 20.3. The summed E-state index contributed by atoms with van der Waals surface area (Å²) < 4.78 is 10.9. The third-order valence-electron chi connectivity index (χ3n) is 5.30. The van der Waals surface area contributed by atoms with E-state index in [9.17, 15) is 4.79 Å². The second kappa shape index (κ2) is 9.83. The molecule has 7 heteroatoms. The number of para-hydroxylation sites is 1. The largest absolute Gasteiger partial charge is 0.497 e. The standard InChI is InChI=1S/C26H25N3O3S/c1-5-21(25-13-10-16(2)33-25)28-29-26(30)20-15-23(27-22-9-7-6-8-18(20)22)19-12-11-17(31-3)14-24(19)32-4/h6-15H,5H2,1-4H3,(H,29,30)/b28-21-. The van der Waals surface area contributed by atoms with Crippen molar-refractivity contribution in [2.24, 2.45) is 5.10 Å². The number of hydrazone groups is 1. The van der Waals surface area contributed by atoms with Crippen molar-refractivity contribution >= 4 is 33.9 Å². The van der Waals surface area contributed by atoms with Gasteiger partial charge in [-0.05, 0) is 49.7 Å². The van der Waals surface area contributed by atoms with E-state index in [0.29, 0.717) is 34.7 Å². The predicted octanol–water partition coefficient (Wildman–Crippen LogP) is 5.83. The molecule has 0 unspecified atom stereocenters. The summed E-state index contributed by atoms with van der Waals surface area (Å²) in [6.45, 7) is 4.08. The highest BCUT2D eigenvalue weighted by Gasteiger charge is 2.17. The third kappa shape index (κ3) is 4.73. The van der Waals surface area contributed by atoms with Crippen LogP contribution in [0.3, 0.4) is 0 Å². The van der Waals surface area contributed by atoms with E-state index in [1.54, 1.807) is 37.7 Å². The molecule has 2 heterocycles. The molecular weight excluding hydrogens is 434 g/mol. The molecule has 1 N–H and O–H groups in total. The van der Waals surface area contributed by atoms with E-state index >= 15 is 0 Å². The lowest BCUT2D eigenvalue weighted by molar-refractivity contribution is 0.0956. The molecule has 0 aliphatic heterocycles. The molecule has 4 aromatic rings. The number of amides is 1. The summed E-state index contributed by atoms with van der Waals surface area (Å²) >= 11 is 1.66. The summed E-state index contributed by atoms with van der Waals surface area (Å²) in [6, 6.07) is 19.0. The Morgan fingerprint density at radius 3 is 2.58 bits per heavy atom. The van der Waals surface area contributed by atoms with E-state index in [0.717, 1.165) is 21.5 Å². The van der Waals surface area contributed by atoms with Crippen molar-refractivity contribution in [2.45, 2.75) is 20.3 Å². The number of carbonyl (C=O) groups excluding carboxylic acids is 1. The Kier molecular flexibility index (Phi) is 6.70. The van der Waals surface area contributed by atoms with Gasteiger partial charge in [0.2, 0.25) is 0 Å². The van der Waals surface area contributed by atoms with Gasteiger partial charge in [-0.15, -0.1) is 11.3 Å². The zero-order valence-corrected chi connectivity index (χ0v) is 19.8. The van der Waals surface area contributed by atoms with E-state index < -0.39 is 0 Å². The van der Waals surface area contributed by atoms with Crippen LogP contribution < -0.4 is 14.9 Å². The summed E-state index contributed by atoms with van der Waals surface area (Å²) in [7, 11) is 3.20. The number of fused-ring (bicyclic) bond motifs is 1. The van der Waals surface area contributed by atoms with Crippen LogP contribution in [-0.2, 0) is 0 Å². The molecule has 168 valence electrons. The maximum absolute atomic E-state index is 13.3. The molecule has 33 heavy (non-hydrogen) atoms. The van der Waals surface area contributed by atoms with E-state index in [1.165, 1.54) is 4.88 Å². The zero-order chi connectivity index (χ0) is 23.4. The first-order chi connectivity index (χ1) is 16.0. The molecule has 6 nitrogen and oxygen atoms in total. The van der Waals surface area contributed by atoms with Gasteiger partial charge in [0.1, 0.15) is 11.5 Å². The van der Waals surface area contributed by atoms with Gasteiger partial charge in [0.15, 0.2) is 0 Å². The van der Waals surface area contributed by atoms with Crippen molar-refractivity contribution < 1.29 is 14.3 Å². The predicted molar refractivity (Wildman–Crippen MR) is 134 cm³/mol. The van der Waals surface area contributed by atoms with Gasteiger partial charge in [-0.1, -0.05) is 25.1 Å². The zero-order valence-electron chi connectivity index (χ0n) is 19.0. The maximum atomic E-state index is 13.3. The Morgan fingerprint density at radius 2 is 1.88 bits per heavy atom. The Hall–Kier alpha value is -3.71. The lowest BCUT2D eigenvalue weighted by atomic mass is 10.0. The fourth-order valence-corrected chi connectivity index (χ4v) is 4.51. The number of hydrogen-bond acceptors (Lipinski definition) is 6. The number of rotatable bonds is 7. The van der Waals surface area contributed by atoms with Gasteiger partial charge in [-0.2, -0.15) is 5.10 Å². The molecule has 0 aliphatic rings. The van der Waals surface area contributed by atoms with Crippen LogP contribution in [0.1, 0.15) is 33.5 Å². The van der Waals surface area contributed by atoms with Crippen LogP contribution >= 0.6 is 11.3 Å². The number of pyridine rings is 1. The Labute approximate surface area is 196 Å². The number of nitrogens with one attached hydrogen (secondary N) is 1. The molecule has 0 atom stereocenters. The average molecular weight is 460 g/mol. The van der Waals surface area contributed by atoms with Crippen molar-refractivity contribution in [3.8, 4) is 22.8 Å². The van der Waals surface area contributed by atoms with E-state index in [4.69, 9.17) is 14.5 Å². The van der Waals surface area contributed by atoms with Crippen molar-refractivity contribution in [3.05, 3.63) is 76.0 Å². The van der Waals surface area contributed by atoms with Crippen LogP contribution in [0.2, 0.25) is 0 Å². The maximum Gasteiger partial charge on any atom is 0.272 e. The molecule has 2 aromatic heterocycles. The summed E-state index contributed by atoms with van der Waals surface area (Å²) in [5.41, 5.74) is 6.21. The van der Waals surface area contributed by atoms with Gasteiger partial charge in [0, 0.05) is 21.9 Å². The van der Waals surface area contributed by atoms with Gasteiger partial charge >= 0.3 is 0 Å². The molecule has 2 aromatic carbocycles. The van der Waals surface area contributed by atoms with E-state index in [1.807, 2.05) is 49.4 Å². The number of nitrogens with zero attached hydrogens (tertiary/aromatic N) is 2. The van der Waals surface area contributed by atoms with Crippen molar-refractivity contribution in [1.29, 1.82) is 0 Å². The number of aryl methyl sites for hydroxylation is 1. The highest BCUT2D eigenvalue weighted by atomic mass is 32.1. The van der Waals surface area contributed by atoms with Crippen LogP contribution in [0.25, 0.3) is 22.2 Å². The van der Waals surface area contributed by atoms with Crippen LogP contribution in [0, 0.1) is 6.92 Å². The third-order valence-corrected chi connectivity index (χ3v) is 6.35. The second-order valence-electron chi connectivity index (χ2n) is 7.40. The van der Waals surface area contributed by atoms with Gasteiger partial charge in [0.25, 0.3) is 5.91 Å². The number of ether oxygens (including phenoxy) is 2. The lowest BCUT2D eigenvalue weighted by Gasteiger charge is -2.13. The van der Waals surface area contributed by atoms with Crippen LogP contribution in [0.15, 0.2) is 65.8 Å². The van der Waals surface area contributed by atoms with Gasteiger partial charge < -0.3 is 9.47 Å². The minimum Gasteiger partial charge on any atom is -0.497 e. The SMILES string of the molecule is CC/C(=N/NC(=O)c1cc(-c2ccc(OC)cc2OC)nc2ccccc12)c1ccc(C)s1. The Bertz CT molecular complexity index is 1340. The monoisotopic (exact) mass is 459 g/mol. The van der Waals surface area contributed by atoms with Crippen molar-refractivity contribution in [3.63, 3.8) is 0 Å². The molecule has 0 saturated heterocycles. The molecule has 0 fully saturated rings. The van der Waals surface area contributed by atoms with Crippen LogP contribution in [0.4, 0.5) is 0 Å². The number of aromatic nitrogens is 1. The minimum atomic E-state index is -0.290. The topological polar surface area (TPSA) is 72.8 Å². The smallest absolute Gasteiger partial charge is 0.272 e. The summed E-state index contributed by atoms with van der Waals surface area (Å²) in [6.07, 6.45) is 0.714. The molecule has 4 rings (SSSR count). The van der Waals surface area contributed by atoms with Crippen molar-refractivity contribution in [2.75, 3.05) is 14.2 Å². The molecule has 1 amide bonds. The molecule has 0 bridgehead atoms. The first kappa shape index (κ1) is 22.5. The fourth-order valence-electron chi connectivity index (χ4n) is 3.59. The van der Waals surface area contributed by atoms with E-state index in [2.05, 4.69) is 23.5 Å². The second-order valence-corrected chi connectivity index (χ2v) is 8.69. The lowest BCUT2D eigenvalue weighted by Crippen LogP contribution is -2.20. The van der Waals surface area contributed by atoms with E-state index in [-0.39, 0.29) is 5.91 Å². The average Bonchev–Trinajstić information content (AvgIpc) is 3.29. The number of hydrogen-bond donors (Lipinski definition) is 1. The van der Waals surface area contributed by atoms with Gasteiger partial charge in [0.05, 0.1) is 41.6 Å². The highest BCUT2D eigenvalue weighted by molar-refractivity contribution is 7.14. The van der Waals surface area contributed by atoms with Gasteiger partial charge in [-0.3, -0.25) is 4.79 Å². The molecule has 0 aliphatic carbocycles.